The number of thiazole rings is 2. The van der Waals surface area contributed by atoms with E-state index in [0.717, 1.165) is 15.2 Å². The fourth-order valence-electron chi connectivity index (χ4n) is 2.20. The number of aromatic nitrogens is 3. The Hall–Kier alpha value is -2.49. The molecule has 0 bridgehead atoms. The molecule has 126 valence electrons. The number of hydrogen-bond acceptors (Lipinski definition) is 7. The lowest BCUT2D eigenvalue weighted by Crippen LogP contribution is -2.25. The van der Waals surface area contributed by atoms with E-state index in [0.29, 0.717) is 16.0 Å². The number of anilines is 1. The Morgan fingerprint density at radius 3 is 3.12 bits per heavy atom. The standard InChI is InChI=1S/C15H11ClN6OS2/c16-13-10(22-5-6-24-15(22)20-13)7-18-21-12(23)8-17-14-19-9-3-1-2-4-11(9)25-14/h1-7H,8H2,(H,17,19)(H,21,23)/b18-7-. The highest BCUT2D eigenvalue weighted by molar-refractivity contribution is 7.22. The lowest BCUT2D eigenvalue weighted by Gasteiger charge is -2.00. The molecule has 7 nitrogen and oxygen atoms in total. The summed E-state index contributed by atoms with van der Waals surface area (Å²) < 4.78 is 2.88. The molecule has 10 heteroatoms. The van der Waals surface area contributed by atoms with E-state index in [1.165, 1.54) is 28.9 Å². The summed E-state index contributed by atoms with van der Waals surface area (Å²) in [7, 11) is 0. The maximum atomic E-state index is 11.9. The van der Waals surface area contributed by atoms with Gasteiger partial charge >= 0.3 is 0 Å². The molecule has 0 aliphatic heterocycles. The van der Waals surface area contributed by atoms with E-state index in [-0.39, 0.29) is 12.5 Å². The van der Waals surface area contributed by atoms with Crippen molar-refractivity contribution in [2.24, 2.45) is 5.10 Å². The Morgan fingerprint density at radius 1 is 1.36 bits per heavy atom. The van der Waals surface area contributed by atoms with Crippen LogP contribution in [0.25, 0.3) is 15.2 Å². The van der Waals surface area contributed by atoms with Gasteiger partial charge in [-0.2, -0.15) is 5.10 Å². The van der Waals surface area contributed by atoms with Crippen molar-refractivity contribution in [2.75, 3.05) is 11.9 Å². The van der Waals surface area contributed by atoms with Crippen LogP contribution in [-0.4, -0.2) is 33.0 Å². The zero-order chi connectivity index (χ0) is 17.2. The molecule has 0 saturated heterocycles. The van der Waals surface area contributed by atoms with E-state index in [1.54, 1.807) is 0 Å². The van der Waals surface area contributed by atoms with Crippen molar-refractivity contribution in [3.8, 4) is 0 Å². The first-order valence-corrected chi connectivity index (χ1v) is 9.30. The zero-order valence-electron chi connectivity index (χ0n) is 12.6. The third-order valence-electron chi connectivity index (χ3n) is 3.32. The van der Waals surface area contributed by atoms with Gasteiger partial charge in [-0.05, 0) is 12.1 Å². The first-order valence-electron chi connectivity index (χ1n) is 7.23. The van der Waals surface area contributed by atoms with Crippen molar-refractivity contribution in [1.29, 1.82) is 0 Å². The number of amides is 1. The number of para-hydroxylation sites is 1. The highest BCUT2D eigenvalue weighted by Gasteiger charge is 2.09. The summed E-state index contributed by atoms with van der Waals surface area (Å²) in [4.78, 5) is 21.3. The van der Waals surface area contributed by atoms with E-state index in [9.17, 15) is 4.79 Å². The molecule has 2 N–H and O–H groups in total. The number of nitrogens with one attached hydrogen (secondary N) is 2. The Morgan fingerprint density at radius 2 is 2.24 bits per heavy atom. The summed E-state index contributed by atoms with van der Waals surface area (Å²) in [5, 5.41) is 9.87. The van der Waals surface area contributed by atoms with E-state index in [2.05, 4.69) is 25.8 Å². The van der Waals surface area contributed by atoms with E-state index < -0.39 is 0 Å². The SMILES string of the molecule is O=C(CNc1nc2ccccc2s1)N/N=C\c1c(Cl)nc2sccn12. The Labute approximate surface area is 155 Å². The summed E-state index contributed by atoms with van der Waals surface area (Å²) in [5.74, 6) is -0.280. The van der Waals surface area contributed by atoms with Gasteiger partial charge in [0, 0.05) is 11.6 Å². The van der Waals surface area contributed by atoms with Gasteiger partial charge in [0.2, 0.25) is 0 Å². The fraction of sp³-hybridized carbons (Fsp3) is 0.0667. The molecule has 0 fully saturated rings. The van der Waals surface area contributed by atoms with Gasteiger partial charge in [0.05, 0.1) is 23.0 Å². The minimum absolute atomic E-state index is 0.0746. The summed E-state index contributed by atoms with van der Waals surface area (Å²) in [6, 6.07) is 7.81. The predicted molar refractivity (Wildman–Crippen MR) is 102 cm³/mol. The maximum Gasteiger partial charge on any atom is 0.259 e. The topological polar surface area (TPSA) is 83.7 Å². The van der Waals surface area contributed by atoms with Gasteiger partial charge < -0.3 is 5.32 Å². The monoisotopic (exact) mass is 390 g/mol. The van der Waals surface area contributed by atoms with Crippen molar-refractivity contribution >= 4 is 66.7 Å². The zero-order valence-corrected chi connectivity index (χ0v) is 15.0. The van der Waals surface area contributed by atoms with E-state index >= 15 is 0 Å². The molecule has 1 aromatic carbocycles. The van der Waals surface area contributed by atoms with Gasteiger partial charge in [-0.15, -0.1) is 11.3 Å². The lowest BCUT2D eigenvalue weighted by molar-refractivity contribution is -0.119. The molecule has 0 spiro atoms. The molecule has 1 amide bonds. The van der Waals surface area contributed by atoms with Crippen molar-refractivity contribution in [3.05, 3.63) is 46.7 Å². The first-order chi connectivity index (χ1) is 12.2. The summed E-state index contributed by atoms with van der Waals surface area (Å²) >= 11 is 9.02. The summed E-state index contributed by atoms with van der Waals surface area (Å²) in [5.41, 5.74) is 3.99. The van der Waals surface area contributed by atoms with Crippen molar-refractivity contribution in [3.63, 3.8) is 0 Å². The molecule has 0 radical (unpaired) electrons. The van der Waals surface area contributed by atoms with Gasteiger partial charge in [0.15, 0.2) is 15.2 Å². The Kier molecular flexibility index (Phi) is 4.35. The number of fused-ring (bicyclic) bond motifs is 2. The molecule has 25 heavy (non-hydrogen) atoms. The van der Waals surface area contributed by atoms with Crippen LogP contribution in [0.1, 0.15) is 5.69 Å². The smallest absolute Gasteiger partial charge is 0.259 e. The third kappa shape index (κ3) is 3.34. The number of rotatable bonds is 5. The number of halogens is 1. The molecular formula is C15H11ClN6OS2. The Balaban J connectivity index is 1.36. The molecular weight excluding hydrogens is 380 g/mol. The van der Waals surface area contributed by atoms with Crippen molar-refractivity contribution < 1.29 is 4.79 Å². The number of imidazole rings is 1. The number of carbonyl (C=O) groups is 1. The van der Waals surface area contributed by atoms with Crippen LogP contribution in [0.2, 0.25) is 5.15 Å². The van der Waals surface area contributed by atoms with Crippen LogP contribution < -0.4 is 10.7 Å². The normalized spacial score (nSPS) is 11.6. The second-order valence-corrected chi connectivity index (χ2v) is 7.24. The maximum absolute atomic E-state index is 11.9. The van der Waals surface area contributed by atoms with E-state index in [1.807, 2.05) is 40.2 Å². The number of carbonyl (C=O) groups excluding carboxylic acids is 1. The predicted octanol–water partition coefficient (Wildman–Crippen LogP) is 3.22. The van der Waals surface area contributed by atoms with E-state index in [4.69, 9.17) is 11.6 Å². The number of benzene rings is 1. The molecule has 0 saturated carbocycles. The third-order valence-corrected chi connectivity index (χ3v) is 5.35. The number of nitrogens with zero attached hydrogens (tertiary/aromatic N) is 4. The minimum Gasteiger partial charge on any atom is -0.352 e. The van der Waals surface area contributed by atoms with Gasteiger partial charge in [-0.3, -0.25) is 9.20 Å². The first kappa shape index (κ1) is 16.0. The molecule has 0 aliphatic rings. The van der Waals surface area contributed by atoms with Crippen LogP contribution in [-0.2, 0) is 4.79 Å². The van der Waals surface area contributed by atoms with Crippen molar-refractivity contribution in [2.45, 2.75) is 0 Å². The van der Waals surface area contributed by atoms with Crippen LogP contribution in [0.5, 0.6) is 0 Å². The molecule has 3 heterocycles. The van der Waals surface area contributed by atoms with Crippen LogP contribution in [0, 0.1) is 0 Å². The fourth-order valence-corrected chi connectivity index (χ4v) is 4.05. The average molecular weight is 391 g/mol. The van der Waals surface area contributed by atoms with Gasteiger partial charge in [0.1, 0.15) is 5.69 Å². The largest absolute Gasteiger partial charge is 0.352 e. The lowest BCUT2D eigenvalue weighted by atomic mass is 10.3. The quantitative estimate of drug-likeness (QED) is 0.405. The van der Waals surface area contributed by atoms with Crippen LogP contribution in [0.15, 0.2) is 40.9 Å². The number of hydrazone groups is 1. The van der Waals surface area contributed by atoms with Crippen LogP contribution in [0.4, 0.5) is 5.13 Å². The molecule has 0 unspecified atom stereocenters. The number of hydrogen-bond donors (Lipinski definition) is 2. The van der Waals surface area contributed by atoms with Crippen LogP contribution in [0.3, 0.4) is 0 Å². The molecule has 4 rings (SSSR count). The highest BCUT2D eigenvalue weighted by Crippen LogP contribution is 2.25. The van der Waals surface area contributed by atoms with Gasteiger partial charge in [-0.25, -0.2) is 15.4 Å². The second kappa shape index (κ2) is 6.79. The minimum atomic E-state index is -0.280. The molecule has 0 atom stereocenters. The van der Waals surface area contributed by atoms with Gasteiger partial charge in [-0.1, -0.05) is 35.1 Å². The summed E-state index contributed by atoms with van der Waals surface area (Å²) in [6.07, 6.45) is 3.32. The molecule has 0 aliphatic carbocycles. The summed E-state index contributed by atoms with van der Waals surface area (Å²) in [6.45, 7) is 0.0746. The van der Waals surface area contributed by atoms with Crippen LogP contribution >= 0.6 is 34.3 Å². The second-order valence-electron chi connectivity index (χ2n) is 4.98. The van der Waals surface area contributed by atoms with Gasteiger partial charge in [0.25, 0.3) is 5.91 Å². The molecule has 3 aromatic heterocycles. The Bertz CT molecular complexity index is 1050. The average Bonchev–Trinajstić information content (AvgIpc) is 3.28. The highest BCUT2D eigenvalue weighted by atomic mass is 35.5. The van der Waals surface area contributed by atoms with Crippen molar-refractivity contribution in [1.82, 2.24) is 19.8 Å². The molecule has 4 aromatic rings.